The molecule has 7 nitrogen and oxygen atoms in total. The molecule has 1 saturated heterocycles. The first-order valence-electron chi connectivity index (χ1n) is 10.1. The largest absolute Gasteiger partial charge is 0.443 e. The van der Waals surface area contributed by atoms with Crippen LogP contribution in [0.4, 0.5) is 0 Å². The molecule has 0 aromatic carbocycles. The van der Waals surface area contributed by atoms with E-state index >= 15 is 0 Å². The van der Waals surface area contributed by atoms with Crippen molar-refractivity contribution >= 4 is 22.7 Å². The van der Waals surface area contributed by atoms with Gasteiger partial charge in [-0.25, -0.2) is 4.79 Å². The van der Waals surface area contributed by atoms with Crippen molar-refractivity contribution in [3.05, 3.63) is 28.5 Å². The van der Waals surface area contributed by atoms with Gasteiger partial charge in [0, 0.05) is 24.9 Å². The first-order chi connectivity index (χ1) is 13.6. The molecule has 0 saturated carbocycles. The number of aryl methyl sites for hydroxylation is 1. The Hall–Kier alpha value is -1.41. The average molecular weight is 413 g/mol. The minimum Gasteiger partial charge on any atom is -0.443 e. The van der Waals surface area contributed by atoms with Gasteiger partial charge in [0.1, 0.15) is 18.1 Å². The Morgan fingerprint density at radius 2 is 1.89 bits per heavy atom. The number of rotatable bonds is 11. The minimum atomic E-state index is -0.799. The lowest BCUT2D eigenvalue weighted by Crippen LogP contribution is -2.27. The van der Waals surface area contributed by atoms with Crippen LogP contribution < -0.4 is 5.69 Å². The number of ether oxygens (including phenoxy) is 1. The van der Waals surface area contributed by atoms with E-state index in [-0.39, 0.29) is 13.0 Å². The lowest BCUT2D eigenvalue weighted by atomic mass is 10.1. The van der Waals surface area contributed by atoms with E-state index in [2.05, 4.69) is 4.98 Å². The van der Waals surface area contributed by atoms with Crippen molar-refractivity contribution in [2.75, 3.05) is 12.5 Å². The molecular formula is C20H29ClN2O5. The first-order valence-corrected chi connectivity index (χ1v) is 10.7. The van der Waals surface area contributed by atoms with E-state index in [1.54, 1.807) is 6.20 Å². The van der Waals surface area contributed by atoms with Crippen molar-refractivity contribution in [1.29, 1.82) is 0 Å². The molecule has 1 aliphatic heterocycles. The first kappa shape index (κ1) is 21.3. The van der Waals surface area contributed by atoms with Gasteiger partial charge in [-0.2, -0.15) is 4.98 Å². The maximum absolute atomic E-state index is 12.3. The van der Waals surface area contributed by atoms with Gasteiger partial charge in [-0.15, -0.1) is 11.6 Å². The number of aromatic nitrogens is 2. The summed E-state index contributed by atoms with van der Waals surface area (Å²) in [6, 6.07) is 1.91. The molecule has 0 bridgehead atoms. The van der Waals surface area contributed by atoms with Crippen LogP contribution in [0.5, 0.6) is 0 Å². The van der Waals surface area contributed by atoms with Crippen LogP contribution in [0.3, 0.4) is 0 Å². The van der Waals surface area contributed by atoms with Crippen LogP contribution in [0.2, 0.25) is 0 Å². The topological polar surface area (TPSA) is 97.7 Å². The van der Waals surface area contributed by atoms with Gasteiger partial charge in [0.05, 0.1) is 18.1 Å². The van der Waals surface area contributed by atoms with Gasteiger partial charge in [-0.05, 0) is 18.9 Å². The third-order valence-electron chi connectivity index (χ3n) is 5.24. The normalized spacial score (nSPS) is 22.3. The molecule has 1 fully saturated rings. The van der Waals surface area contributed by atoms with Crippen LogP contribution in [-0.4, -0.2) is 44.5 Å². The quantitative estimate of drug-likeness (QED) is 0.434. The molecule has 1 aliphatic rings. The summed E-state index contributed by atoms with van der Waals surface area (Å²) in [6.45, 7) is -0.287. The van der Waals surface area contributed by atoms with Crippen LogP contribution in [0, 0.1) is 0 Å². The Labute approximate surface area is 169 Å². The van der Waals surface area contributed by atoms with Crippen molar-refractivity contribution in [1.82, 2.24) is 9.55 Å². The Kier molecular flexibility index (Phi) is 7.91. The Morgan fingerprint density at radius 1 is 1.18 bits per heavy atom. The minimum absolute atomic E-state index is 0.244. The van der Waals surface area contributed by atoms with Crippen molar-refractivity contribution in [3.63, 3.8) is 0 Å². The summed E-state index contributed by atoms with van der Waals surface area (Å²) in [5.41, 5.74) is -0.157. The zero-order valence-corrected chi connectivity index (χ0v) is 16.8. The molecule has 0 radical (unpaired) electrons. The Bertz CT molecular complexity index is 805. The molecule has 8 heteroatoms. The van der Waals surface area contributed by atoms with Gasteiger partial charge < -0.3 is 19.4 Å². The standard InChI is InChI=1S/C20H29ClN2O5/c21-9-7-5-3-1-2-4-6-8-15-10-14-12-23(20(26)22-19(14)27-15)18-11-16(25)17(13-24)28-18/h10,12,16-18,24-25H,1-9,11,13H2. The molecule has 3 rings (SSSR count). The fraction of sp³-hybridized carbons (Fsp3) is 0.700. The van der Waals surface area contributed by atoms with Crippen LogP contribution in [0.15, 0.2) is 21.5 Å². The summed E-state index contributed by atoms with van der Waals surface area (Å²) < 4.78 is 12.6. The molecule has 3 heterocycles. The zero-order chi connectivity index (χ0) is 19.9. The highest BCUT2D eigenvalue weighted by atomic mass is 35.5. The number of alkyl halides is 1. The summed E-state index contributed by atoms with van der Waals surface area (Å²) in [5, 5.41) is 19.8. The number of nitrogens with zero attached hydrogens (tertiary/aromatic N) is 2. The van der Waals surface area contributed by atoms with E-state index in [0.717, 1.165) is 42.7 Å². The maximum Gasteiger partial charge on any atom is 0.353 e. The van der Waals surface area contributed by atoms with Crippen LogP contribution in [0.25, 0.3) is 11.1 Å². The van der Waals surface area contributed by atoms with Gasteiger partial charge in [-0.3, -0.25) is 4.57 Å². The van der Waals surface area contributed by atoms with Gasteiger partial charge in [0.2, 0.25) is 5.71 Å². The molecule has 2 aromatic rings. The van der Waals surface area contributed by atoms with Gasteiger partial charge in [-0.1, -0.05) is 32.1 Å². The molecule has 3 atom stereocenters. The number of aliphatic hydroxyl groups is 2. The number of unbranched alkanes of at least 4 members (excludes halogenated alkanes) is 6. The van der Waals surface area contributed by atoms with E-state index in [0.29, 0.717) is 5.71 Å². The SMILES string of the molecule is O=c1nc2oc(CCCCCCCCCCl)cc2cn1C1CC(O)C(CO)O1. The van der Waals surface area contributed by atoms with Crippen LogP contribution >= 0.6 is 11.6 Å². The van der Waals surface area contributed by atoms with E-state index in [9.17, 15) is 15.0 Å². The molecule has 0 aliphatic carbocycles. The second-order valence-corrected chi connectivity index (χ2v) is 7.81. The second-order valence-electron chi connectivity index (χ2n) is 7.43. The Balaban J connectivity index is 1.55. The van der Waals surface area contributed by atoms with E-state index < -0.39 is 24.1 Å². The predicted octanol–water partition coefficient (Wildman–Crippen LogP) is 3.14. The summed E-state index contributed by atoms with van der Waals surface area (Å²) >= 11 is 5.68. The highest BCUT2D eigenvalue weighted by molar-refractivity contribution is 6.17. The van der Waals surface area contributed by atoms with Crippen molar-refractivity contribution < 1.29 is 19.4 Å². The highest BCUT2D eigenvalue weighted by Gasteiger charge is 2.35. The zero-order valence-electron chi connectivity index (χ0n) is 16.1. The number of hydrogen-bond acceptors (Lipinski definition) is 6. The van der Waals surface area contributed by atoms with E-state index in [1.807, 2.05) is 6.07 Å². The average Bonchev–Trinajstić information content (AvgIpc) is 3.25. The number of aliphatic hydroxyl groups excluding tert-OH is 2. The van der Waals surface area contributed by atoms with Crippen molar-refractivity contribution in [2.45, 2.75) is 76.2 Å². The third-order valence-corrected chi connectivity index (χ3v) is 5.51. The molecular weight excluding hydrogens is 384 g/mol. The van der Waals surface area contributed by atoms with Gasteiger partial charge in [0.25, 0.3) is 0 Å². The fourth-order valence-electron chi connectivity index (χ4n) is 3.63. The van der Waals surface area contributed by atoms with Gasteiger partial charge >= 0.3 is 5.69 Å². The molecule has 28 heavy (non-hydrogen) atoms. The van der Waals surface area contributed by atoms with Crippen LogP contribution in [0.1, 0.15) is 63.4 Å². The molecule has 156 valence electrons. The number of fused-ring (bicyclic) bond motifs is 1. The Morgan fingerprint density at radius 3 is 2.57 bits per heavy atom. The molecule has 2 N–H and O–H groups in total. The summed E-state index contributed by atoms with van der Waals surface area (Å²) in [6.07, 6.45) is 8.78. The smallest absolute Gasteiger partial charge is 0.353 e. The monoisotopic (exact) mass is 412 g/mol. The third kappa shape index (κ3) is 5.35. The number of halogens is 1. The summed E-state index contributed by atoms with van der Waals surface area (Å²) in [4.78, 5) is 16.3. The fourth-order valence-corrected chi connectivity index (χ4v) is 3.82. The summed E-state index contributed by atoms with van der Waals surface area (Å²) in [5.74, 6) is 1.57. The predicted molar refractivity (Wildman–Crippen MR) is 107 cm³/mol. The molecule has 0 amide bonds. The van der Waals surface area contributed by atoms with Gasteiger partial charge in [0.15, 0.2) is 0 Å². The molecule has 3 unspecified atom stereocenters. The number of hydrogen-bond donors (Lipinski definition) is 2. The number of furan rings is 1. The molecule has 2 aromatic heterocycles. The maximum atomic E-state index is 12.3. The van der Waals surface area contributed by atoms with E-state index in [4.69, 9.17) is 20.8 Å². The lowest BCUT2D eigenvalue weighted by molar-refractivity contribution is -0.0457. The van der Waals surface area contributed by atoms with Crippen molar-refractivity contribution in [2.24, 2.45) is 0 Å². The highest BCUT2D eigenvalue weighted by Crippen LogP contribution is 2.28. The van der Waals surface area contributed by atoms with Crippen molar-refractivity contribution in [3.8, 4) is 0 Å². The second kappa shape index (κ2) is 10.4. The van der Waals surface area contributed by atoms with Crippen LogP contribution in [-0.2, 0) is 11.2 Å². The molecule has 0 spiro atoms. The van der Waals surface area contributed by atoms with E-state index in [1.165, 1.54) is 30.3 Å². The lowest BCUT2D eigenvalue weighted by Gasteiger charge is -2.13. The summed E-state index contributed by atoms with van der Waals surface area (Å²) in [7, 11) is 0.